The van der Waals surface area contributed by atoms with Crippen LogP contribution in [0.4, 0.5) is 0 Å². The molecule has 3 heteroatoms. The van der Waals surface area contributed by atoms with Crippen molar-refractivity contribution in [2.45, 2.75) is 0 Å². The number of rotatable bonds is 0. The summed E-state index contributed by atoms with van der Waals surface area (Å²) in [5.74, 6) is -0.227. The first-order chi connectivity index (χ1) is 5.39. The number of hydrogen-bond acceptors (Lipinski definition) is 3. The van der Waals surface area contributed by atoms with Gasteiger partial charge in [-0.2, -0.15) is 0 Å². The van der Waals surface area contributed by atoms with Gasteiger partial charge in [0.05, 0.1) is 12.5 Å². The first-order valence-electron chi connectivity index (χ1n) is 3.20. The summed E-state index contributed by atoms with van der Waals surface area (Å²) in [6, 6.07) is 3.67. The molecule has 0 bridgehead atoms. The Morgan fingerprint density at radius 3 is 2.18 bits per heavy atom. The van der Waals surface area contributed by atoms with Gasteiger partial charge >= 0.3 is 5.97 Å². The lowest BCUT2D eigenvalue weighted by atomic mass is 10.6. The van der Waals surface area contributed by atoms with Gasteiger partial charge in [0.2, 0.25) is 0 Å². The standard InChI is InChI=1S/C4H4O2.C4H4O/c5-4-2-1-3-6-4;1-2-4-5-3-1/h1-2H,3H2;1-4H. The van der Waals surface area contributed by atoms with Crippen LogP contribution in [-0.2, 0) is 9.53 Å². The average Bonchev–Trinajstić information content (AvgIpc) is 2.57. The molecule has 1 aliphatic heterocycles. The lowest BCUT2D eigenvalue weighted by molar-refractivity contribution is -0.134. The highest BCUT2D eigenvalue weighted by molar-refractivity contribution is 5.83. The Morgan fingerprint density at radius 2 is 2.00 bits per heavy atom. The lowest BCUT2D eigenvalue weighted by Crippen LogP contribution is -1.89. The molecule has 1 aliphatic rings. The molecule has 58 valence electrons. The van der Waals surface area contributed by atoms with Gasteiger partial charge in [0.25, 0.3) is 0 Å². The van der Waals surface area contributed by atoms with Crippen LogP contribution in [0.5, 0.6) is 0 Å². The molecule has 0 radical (unpaired) electrons. The highest BCUT2D eigenvalue weighted by atomic mass is 16.5. The van der Waals surface area contributed by atoms with Crippen molar-refractivity contribution in [3.05, 3.63) is 36.8 Å². The fourth-order valence-corrected chi connectivity index (χ4v) is 0.550. The molecule has 1 aromatic heterocycles. The molecular weight excluding hydrogens is 144 g/mol. The third-order valence-corrected chi connectivity index (χ3v) is 1.00. The van der Waals surface area contributed by atoms with E-state index in [0.29, 0.717) is 6.61 Å². The second-order valence-electron chi connectivity index (χ2n) is 1.83. The van der Waals surface area contributed by atoms with Crippen LogP contribution < -0.4 is 0 Å². The van der Waals surface area contributed by atoms with E-state index < -0.39 is 0 Å². The summed E-state index contributed by atoms with van der Waals surface area (Å²) in [6.07, 6.45) is 6.35. The fourth-order valence-electron chi connectivity index (χ4n) is 0.550. The van der Waals surface area contributed by atoms with Gasteiger partial charge in [0.1, 0.15) is 6.61 Å². The van der Waals surface area contributed by atoms with Crippen molar-refractivity contribution in [3.8, 4) is 0 Å². The first-order valence-corrected chi connectivity index (χ1v) is 3.20. The van der Waals surface area contributed by atoms with Gasteiger partial charge in [0, 0.05) is 6.08 Å². The number of ether oxygens (including phenoxy) is 1. The second kappa shape index (κ2) is 4.33. The zero-order valence-corrected chi connectivity index (χ0v) is 5.90. The molecule has 0 atom stereocenters. The van der Waals surface area contributed by atoms with Crippen molar-refractivity contribution in [1.29, 1.82) is 0 Å². The lowest BCUT2D eigenvalue weighted by Gasteiger charge is -1.81. The van der Waals surface area contributed by atoms with Crippen LogP contribution in [0.1, 0.15) is 0 Å². The predicted molar refractivity (Wildman–Crippen MR) is 38.8 cm³/mol. The number of carbonyl (C=O) groups is 1. The van der Waals surface area contributed by atoms with Gasteiger partial charge in [0.15, 0.2) is 0 Å². The Hall–Kier alpha value is -1.51. The van der Waals surface area contributed by atoms with Gasteiger partial charge in [-0.1, -0.05) is 0 Å². The van der Waals surface area contributed by atoms with E-state index in [4.69, 9.17) is 0 Å². The quantitative estimate of drug-likeness (QED) is 0.527. The molecule has 0 spiro atoms. The maximum Gasteiger partial charge on any atom is 0.330 e. The summed E-state index contributed by atoms with van der Waals surface area (Å²) in [4.78, 5) is 9.93. The zero-order valence-electron chi connectivity index (χ0n) is 5.90. The highest BCUT2D eigenvalue weighted by Gasteiger charge is 1.98. The smallest absolute Gasteiger partial charge is 0.330 e. The normalized spacial score (nSPS) is 13.6. The first kappa shape index (κ1) is 7.60. The van der Waals surface area contributed by atoms with E-state index in [9.17, 15) is 4.79 Å². The Morgan fingerprint density at radius 1 is 1.27 bits per heavy atom. The number of carbonyl (C=O) groups excluding carboxylic acids is 1. The topological polar surface area (TPSA) is 39.4 Å². The minimum absolute atomic E-state index is 0.227. The van der Waals surface area contributed by atoms with Crippen molar-refractivity contribution in [1.82, 2.24) is 0 Å². The monoisotopic (exact) mass is 152 g/mol. The molecule has 1 aromatic rings. The molecule has 0 aliphatic carbocycles. The van der Waals surface area contributed by atoms with Gasteiger partial charge in [-0.15, -0.1) is 0 Å². The van der Waals surface area contributed by atoms with Crippen LogP contribution in [0.3, 0.4) is 0 Å². The molecule has 0 amide bonds. The molecular formula is C8H8O3. The van der Waals surface area contributed by atoms with Crippen LogP contribution in [0, 0.1) is 0 Å². The van der Waals surface area contributed by atoms with Gasteiger partial charge in [-0.25, -0.2) is 4.79 Å². The molecule has 2 heterocycles. The van der Waals surface area contributed by atoms with Gasteiger partial charge < -0.3 is 9.15 Å². The Kier molecular flexibility index (Phi) is 2.99. The maximum atomic E-state index is 9.93. The van der Waals surface area contributed by atoms with E-state index in [1.807, 2.05) is 12.1 Å². The Balaban J connectivity index is 0.000000112. The van der Waals surface area contributed by atoms with E-state index in [-0.39, 0.29) is 5.97 Å². The van der Waals surface area contributed by atoms with Gasteiger partial charge in [-0.05, 0) is 18.2 Å². The molecule has 2 rings (SSSR count). The molecule has 3 nitrogen and oxygen atoms in total. The van der Waals surface area contributed by atoms with E-state index in [1.165, 1.54) is 6.08 Å². The third kappa shape index (κ3) is 3.25. The summed E-state index contributed by atoms with van der Waals surface area (Å²) in [5, 5.41) is 0. The second-order valence-corrected chi connectivity index (χ2v) is 1.83. The van der Waals surface area contributed by atoms with Gasteiger partial charge in [-0.3, -0.25) is 0 Å². The average molecular weight is 152 g/mol. The van der Waals surface area contributed by atoms with Crippen molar-refractivity contribution in [2.75, 3.05) is 6.61 Å². The molecule has 0 aromatic carbocycles. The number of furan rings is 1. The number of cyclic esters (lactones) is 1. The summed E-state index contributed by atoms with van der Waals surface area (Å²) in [7, 11) is 0. The van der Waals surface area contributed by atoms with E-state index in [0.717, 1.165) is 0 Å². The summed E-state index contributed by atoms with van der Waals surface area (Å²) < 4.78 is 8.99. The molecule has 0 saturated heterocycles. The minimum Gasteiger partial charge on any atom is -0.473 e. The summed E-state index contributed by atoms with van der Waals surface area (Å²) >= 11 is 0. The third-order valence-electron chi connectivity index (χ3n) is 1.00. The van der Waals surface area contributed by atoms with E-state index >= 15 is 0 Å². The van der Waals surface area contributed by atoms with Crippen LogP contribution >= 0.6 is 0 Å². The maximum absolute atomic E-state index is 9.93. The largest absolute Gasteiger partial charge is 0.473 e. The Labute approximate surface area is 64.3 Å². The van der Waals surface area contributed by atoms with E-state index in [1.54, 1.807) is 18.6 Å². The van der Waals surface area contributed by atoms with E-state index in [2.05, 4.69) is 9.15 Å². The SMILES string of the molecule is O=C1C=CCO1.c1ccoc1. The molecule has 0 fully saturated rings. The molecule has 0 saturated carbocycles. The van der Waals surface area contributed by atoms with Crippen LogP contribution in [0.25, 0.3) is 0 Å². The zero-order chi connectivity index (χ0) is 7.94. The summed E-state index contributed by atoms with van der Waals surface area (Å²) in [6.45, 7) is 0.457. The minimum atomic E-state index is -0.227. The van der Waals surface area contributed by atoms with Crippen molar-refractivity contribution < 1.29 is 13.9 Å². The highest BCUT2D eigenvalue weighted by Crippen LogP contribution is 1.89. The van der Waals surface area contributed by atoms with Crippen LogP contribution in [-0.4, -0.2) is 12.6 Å². The molecule has 0 N–H and O–H groups in total. The number of esters is 1. The predicted octanol–water partition coefficient (Wildman–Crippen LogP) is 1.38. The number of hydrogen-bond donors (Lipinski definition) is 0. The fraction of sp³-hybridized carbons (Fsp3) is 0.125. The molecule has 0 unspecified atom stereocenters. The van der Waals surface area contributed by atoms with Crippen molar-refractivity contribution >= 4 is 5.97 Å². The molecule has 11 heavy (non-hydrogen) atoms. The van der Waals surface area contributed by atoms with Crippen molar-refractivity contribution in [3.63, 3.8) is 0 Å². The van der Waals surface area contributed by atoms with Crippen LogP contribution in [0.15, 0.2) is 41.2 Å². The summed E-state index contributed by atoms with van der Waals surface area (Å²) in [5.41, 5.74) is 0. The Bertz CT molecular complexity index is 206. The van der Waals surface area contributed by atoms with Crippen molar-refractivity contribution in [2.24, 2.45) is 0 Å². The van der Waals surface area contributed by atoms with Crippen LogP contribution in [0.2, 0.25) is 0 Å².